The summed E-state index contributed by atoms with van der Waals surface area (Å²) in [5.41, 5.74) is 0.892. The van der Waals surface area contributed by atoms with E-state index in [1.165, 1.54) is 42.1 Å². The average Bonchev–Trinajstić information content (AvgIpc) is 3.02. The molecule has 3 aromatic rings. The predicted molar refractivity (Wildman–Crippen MR) is 90.4 cm³/mol. The Bertz CT molecular complexity index is 930. The number of hydrogen-bond acceptors (Lipinski definition) is 4. The lowest BCUT2D eigenvalue weighted by Gasteiger charge is -2.14. The van der Waals surface area contributed by atoms with Crippen molar-refractivity contribution >= 4 is 22.8 Å². The van der Waals surface area contributed by atoms with Gasteiger partial charge in [0.1, 0.15) is 11.6 Å². The number of aromatic nitrogens is 1. The van der Waals surface area contributed by atoms with Crippen LogP contribution in [0.2, 0.25) is 0 Å². The van der Waals surface area contributed by atoms with Crippen LogP contribution < -0.4 is 4.74 Å². The number of carbonyl (C=O) groups excluding carboxylic acids is 2. The molecule has 0 saturated heterocycles. The third-order valence-corrected chi connectivity index (χ3v) is 3.83. The number of methoxy groups -OCH3 is 1. The van der Waals surface area contributed by atoms with E-state index < -0.39 is 12.1 Å². The van der Waals surface area contributed by atoms with Gasteiger partial charge in [0.05, 0.1) is 18.2 Å². The van der Waals surface area contributed by atoms with Crippen molar-refractivity contribution in [3.63, 3.8) is 0 Å². The fourth-order valence-corrected chi connectivity index (χ4v) is 2.60. The van der Waals surface area contributed by atoms with Gasteiger partial charge in [-0.1, -0.05) is 18.2 Å². The van der Waals surface area contributed by atoms with Crippen LogP contribution in [0.3, 0.4) is 0 Å². The highest BCUT2D eigenvalue weighted by molar-refractivity contribution is 6.07. The molecule has 0 aliphatic rings. The zero-order valence-electron chi connectivity index (χ0n) is 13.7. The number of halogens is 1. The lowest BCUT2D eigenvalue weighted by atomic mass is 10.2. The van der Waals surface area contributed by atoms with Gasteiger partial charge >= 0.3 is 5.97 Å². The Balaban J connectivity index is 1.93. The molecule has 0 bridgehead atoms. The first-order chi connectivity index (χ1) is 12.0. The molecule has 0 fully saturated rings. The van der Waals surface area contributed by atoms with E-state index in [9.17, 15) is 14.0 Å². The number of carbonyl (C=O) groups is 2. The second-order valence-corrected chi connectivity index (χ2v) is 5.47. The number of para-hydroxylation sites is 1. The number of ether oxygens (including phenoxy) is 2. The number of esters is 1. The van der Waals surface area contributed by atoms with Crippen molar-refractivity contribution in [2.24, 2.45) is 0 Å². The maximum absolute atomic E-state index is 13.0. The third-order valence-electron chi connectivity index (χ3n) is 3.83. The Morgan fingerprint density at radius 2 is 1.76 bits per heavy atom. The van der Waals surface area contributed by atoms with Crippen molar-refractivity contribution in [2.45, 2.75) is 13.0 Å². The topological polar surface area (TPSA) is 57.5 Å². The second-order valence-electron chi connectivity index (χ2n) is 5.47. The third kappa shape index (κ3) is 3.24. The minimum atomic E-state index is -0.827. The van der Waals surface area contributed by atoms with Crippen LogP contribution >= 0.6 is 0 Å². The van der Waals surface area contributed by atoms with Crippen LogP contribution in [0.25, 0.3) is 10.9 Å². The molecule has 1 aromatic heterocycles. The number of rotatable bonds is 4. The van der Waals surface area contributed by atoms with Crippen molar-refractivity contribution in [1.29, 1.82) is 0 Å². The Morgan fingerprint density at radius 3 is 2.44 bits per heavy atom. The first kappa shape index (κ1) is 16.7. The molecule has 0 amide bonds. The molecule has 1 atom stereocenters. The van der Waals surface area contributed by atoms with Crippen molar-refractivity contribution in [2.75, 3.05) is 7.11 Å². The fourth-order valence-electron chi connectivity index (χ4n) is 2.60. The molecule has 0 aliphatic heterocycles. The quantitative estimate of drug-likeness (QED) is 0.679. The van der Waals surface area contributed by atoms with Crippen LogP contribution in [0.1, 0.15) is 22.1 Å². The van der Waals surface area contributed by atoms with E-state index in [0.717, 1.165) is 0 Å². The SMILES string of the molecule is COC(=O)c1cn(C(=O)C(C)Oc2ccc(F)cc2)c2ccccc12. The zero-order valence-corrected chi connectivity index (χ0v) is 13.7. The van der Waals surface area contributed by atoms with Gasteiger partial charge in [-0.25, -0.2) is 9.18 Å². The van der Waals surface area contributed by atoms with Crippen LogP contribution in [0.5, 0.6) is 5.75 Å². The maximum Gasteiger partial charge on any atom is 0.340 e. The summed E-state index contributed by atoms with van der Waals surface area (Å²) in [6.07, 6.45) is 0.621. The predicted octanol–water partition coefficient (Wildman–Crippen LogP) is 3.67. The summed E-state index contributed by atoms with van der Waals surface area (Å²) in [6, 6.07) is 12.5. The highest BCUT2D eigenvalue weighted by Gasteiger charge is 2.23. The number of hydrogen-bond donors (Lipinski definition) is 0. The average molecular weight is 341 g/mol. The van der Waals surface area contributed by atoms with E-state index in [1.807, 2.05) is 0 Å². The number of nitrogens with zero attached hydrogens (tertiary/aromatic N) is 1. The molecule has 1 unspecified atom stereocenters. The van der Waals surface area contributed by atoms with E-state index in [1.54, 1.807) is 31.2 Å². The van der Waals surface area contributed by atoms with Gasteiger partial charge in [0.2, 0.25) is 0 Å². The van der Waals surface area contributed by atoms with Crippen molar-refractivity contribution in [3.8, 4) is 5.75 Å². The van der Waals surface area contributed by atoms with Crippen LogP contribution in [-0.2, 0) is 4.74 Å². The molecule has 0 N–H and O–H groups in total. The first-order valence-electron chi connectivity index (χ1n) is 7.66. The molecular formula is C19H16FNO4. The van der Waals surface area contributed by atoms with E-state index in [0.29, 0.717) is 22.2 Å². The summed E-state index contributed by atoms with van der Waals surface area (Å²) in [6.45, 7) is 1.60. The zero-order chi connectivity index (χ0) is 18.0. The molecule has 0 aliphatic carbocycles. The molecule has 0 radical (unpaired) electrons. The van der Waals surface area contributed by atoms with Crippen molar-refractivity contribution < 1.29 is 23.5 Å². The van der Waals surface area contributed by atoms with E-state index >= 15 is 0 Å². The lowest BCUT2D eigenvalue weighted by molar-refractivity contribution is 0.0602. The fraction of sp³-hybridized carbons (Fsp3) is 0.158. The molecule has 128 valence electrons. The smallest absolute Gasteiger partial charge is 0.340 e. The monoisotopic (exact) mass is 341 g/mol. The number of fused-ring (bicyclic) bond motifs is 1. The standard InChI is InChI=1S/C19H16FNO4/c1-12(25-14-9-7-13(20)8-10-14)18(22)21-11-16(19(23)24-2)15-5-3-4-6-17(15)21/h3-12H,1-2H3. The molecular weight excluding hydrogens is 325 g/mol. The summed E-state index contributed by atoms with van der Waals surface area (Å²) in [5, 5.41) is 0.622. The Hall–Kier alpha value is -3.15. The van der Waals surface area contributed by atoms with Gasteiger partial charge in [-0.15, -0.1) is 0 Å². The minimum absolute atomic E-state index is 0.306. The van der Waals surface area contributed by atoms with E-state index in [2.05, 4.69) is 0 Å². The maximum atomic E-state index is 13.0. The van der Waals surface area contributed by atoms with Crippen LogP contribution in [-0.4, -0.2) is 29.7 Å². The Morgan fingerprint density at radius 1 is 1.08 bits per heavy atom. The highest BCUT2D eigenvalue weighted by Crippen LogP contribution is 2.23. The van der Waals surface area contributed by atoms with Gasteiger partial charge < -0.3 is 9.47 Å². The molecule has 2 aromatic carbocycles. The van der Waals surface area contributed by atoms with Crippen LogP contribution in [0.15, 0.2) is 54.7 Å². The van der Waals surface area contributed by atoms with Gasteiger partial charge in [-0.05, 0) is 37.3 Å². The summed E-state index contributed by atoms with van der Waals surface area (Å²) in [5.74, 6) is -0.872. The van der Waals surface area contributed by atoms with Gasteiger partial charge in [-0.3, -0.25) is 9.36 Å². The van der Waals surface area contributed by atoms with E-state index in [4.69, 9.17) is 9.47 Å². The minimum Gasteiger partial charge on any atom is -0.481 e. The van der Waals surface area contributed by atoms with E-state index in [-0.39, 0.29) is 11.7 Å². The molecule has 3 rings (SSSR count). The van der Waals surface area contributed by atoms with Gasteiger partial charge in [0.25, 0.3) is 5.91 Å². The molecule has 25 heavy (non-hydrogen) atoms. The van der Waals surface area contributed by atoms with Gasteiger partial charge in [0, 0.05) is 11.6 Å². The second kappa shape index (κ2) is 6.76. The summed E-state index contributed by atoms with van der Waals surface area (Å²) in [4.78, 5) is 24.7. The first-order valence-corrected chi connectivity index (χ1v) is 7.66. The highest BCUT2D eigenvalue weighted by atomic mass is 19.1. The Labute approximate surface area is 143 Å². The largest absolute Gasteiger partial charge is 0.481 e. The van der Waals surface area contributed by atoms with Gasteiger partial charge in [0.15, 0.2) is 6.10 Å². The van der Waals surface area contributed by atoms with Gasteiger partial charge in [-0.2, -0.15) is 0 Å². The van der Waals surface area contributed by atoms with Crippen LogP contribution in [0.4, 0.5) is 4.39 Å². The Kier molecular flexibility index (Phi) is 4.52. The van der Waals surface area contributed by atoms with Crippen molar-refractivity contribution in [1.82, 2.24) is 4.57 Å². The van der Waals surface area contributed by atoms with Crippen LogP contribution in [0, 0.1) is 5.82 Å². The normalized spacial score (nSPS) is 12.0. The summed E-state index contributed by atoms with van der Waals surface area (Å²) >= 11 is 0. The van der Waals surface area contributed by atoms with Crippen molar-refractivity contribution in [3.05, 3.63) is 66.1 Å². The molecule has 5 nitrogen and oxygen atoms in total. The lowest BCUT2D eigenvalue weighted by Crippen LogP contribution is -2.28. The molecule has 6 heteroatoms. The molecule has 0 saturated carbocycles. The number of benzene rings is 2. The summed E-state index contributed by atoms with van der Waals surface area (Å²) < 4.78 is 24.7. The summed E-state index contributed by atoms with van der Waals surface area (Å²) in [7, 11) is 1.29. The molecule has 1 heterocycles. The molecule has 0 spiro atoms.